The first-order valence-corrected chi connectivity index (χ1v) is 8.52. The molecule has 138 valence electrons. The number of nitrogens with one attached hydrogen (secondary N) is 1. The second-order valence-electron chi connectivity index (χ2n) is 5.29. The Labute approximate surface area is 156 Å². The summed E-state index contributed by atoms with van der Waals surface area (Å²) in [5.74, 6) is -0.803. The minimum absolute atomic E-state index is 0.00540. The minimum atomic E-state index is -0.557. The Morgan fingerprint density at radius 1 is 1.30 bits per heavy atom. The van der Waals surface area contributed by atoms with E-state index in [4.69, 9.17) is 4.42 Å². The molecule has 9 nitrogen and oxygen atoms in total. The molecule has 1 N–H and O–H groups in total. The highest BCUT2D eigenvalue weighted by Gasteiger charge is 2.20. The van der Waals surface area contributed by atoms with Crippen LogP contribution in [0.25, 0.3) is 11.3 Å². The second-order valence-corrected chi connectivity index (χ2v) is 6.15. The molecule has 0 saturated heterocycles. The normalized spacial score (nSPS) is 10.4. The zero-order chi connectivity index (χ0) is 19.4. The Hall–Kier alpha value is -3.53. The number of benzene rings is 1. The summed E-state index contributed by atoms with van der Waals surface area (Å²) in [6.45, 7) is 0. The Kier molecular flexibility index (Phi) is 5.27. The fourth-order valence-electron chi connectivity index (χ4n) is 2.27. The van der Waals surface area contributed by atoms with Gasteiger partial charge in [0, 0.05) is 11.4 Å². The van der Waals surface area contributed by atoms with Crippen LogP contribution in [-0.4, -0.2) is 28.9 Å². The van der Waals surface area contributed by atoms with E-state index in [0.29, 0.717) is 10.8 Å². The lowest BCUT2D eigenvalue weighted by Crippen LogP contribution is -2.11. The quantitative estimate of drug-likeness (QED) is 0.391. The number of amides is 1. The molecule has 27 heavy (non-hydrogen) atoms. The van der Waals surface area contributed by atoms with Crippen LogP contribution in [0.1, 0.15) is 16.2 Å². The van der Waals surface area contributed by atoms with Crippen LogP contribution in [0.3, 0.4) is 0 Å². The van der Waals surface area contributed by atoms with Crippen LogP contribution in [0.15, 0.2) is 46.2 Å². The SMILES string of the molecule is COC(=O)Cc1csc(NC(=O)c2ccc(-c3ccccc3[N+](=O)[O-])o2)n1. The summed E-state index contributed by atoms with van der Waals surface area (Å²) in [6, 6.07) is 9.00. The molecule has 0 unspecified atom stereocenters. The van der Waals surface area contributed by atoms with Crippen LogP contribution in [0.4, 0.5) is 10.8 Å². The zero-order valence-electron chi connectivity index (χ0n) is 14.0. The molecule has 0 atom stereocenters. The minimum Gasteiger partial charge on any atom is -0.469 e. The van der Waals surface area contributed by atoms with E-state index in [1.54, 1.807) is 23.6 Å². The Morgan fingerprint density at radius 3 is 2.81 bits per heavy atom. The molecule has 1 amide bonds. The third-order valence-corrected chi connectivity index (χ3v) is 4.33. The largest absolute Gasteiger partial charge is 0.469 e. The van der Waals surface area contributed by atoms with Crippen molar-refractivity contribution in [3.05, 3.63) is 63.3 Å². The number of thiazole rings is 1. The number of nitro benzene ring substituents is 1. The summed E-state index contributed by atoms with van der Waals surface area (Å²) in [7, 11) is 1.28. The molecule has 2 aromatic heterocycles. The standard InChI is InChI=1S/C17H13N3O6S/c1-25-15(21)8-10-9-27-17(18-10)19-16(22)14-7-6-13(26-14)11-4-2-3-5-12(11)20(23)24/h2-7,9H,8H2,1H3,(H,18,19,22). The lowest BCUT2D eigenvalue weighted by molar-refractivity contribution is -0.384. The molecule has 0 aliphatic carbocycles. The number of ether oxygens (including phenoxy) is 1. The van der Waals surface area contributed by atoms with Crippen molar-refractivity contribution in [2.45, 2.75) is 6.42 Å². The van der Waals surface area contributed by atoms with Crippen molar-refractivity contribution in [3.8, 4) is 11.3 Å². The number of hydrogen-bond donors (Lipinski definition) is 1. The molecular weight excluding hydrogens is 374 g/mol. The number of hydrogen-bond acceptors (Lipinski definition) is 8. The summed E-state index contributed by atoms with van der Waals surface area (Å²) in [5, 5.41) is 15.6. The van der Waals surface area contributed by atoms with Gasteiger partial charge in [-0.05, 0) is 18.2 Å². The first kappa shape index (κ1) is 18.3. The summed E-state index contributed by atoms with van der Waals surface area (Å²) < 4.78 is 10.0. The van der Waals surface area contributed by atoms with Gasteiger partial charge in [-0.15, -0.1) is 11.3 Å². The van der Waals surface area contributed by atoms with Gasteiger partial charge in [-0.3, -0.25) is 25.0 Å². The summed E-state index contributed by atoms with van der Waals surface area (Å²) in [5.41, 5.74) is 0.629. The molecule has 2 heterocycles. The third kappa shape index (κ3) is 4.18. The fourth-order valence-corrected chi connectivity index (χ4v) is 2.98. The number of carbonyl (C=O) groups is 2. The van der Waals surface area contributed by atoms with Gasteiger partial charge in [0.05, 0.1) is 29.7 Å². The molecule has 1 aromatic carbocycles. The average Bonchev–Trinajstić information content (AvgIpc) is 3.31. The van der Waals surface area contributed by atoms with Gasteiger partial charge in [0.2, 0.25) is 0 Å². The van der Waals surface area contributed by atoms with Crippen molar-refractivity contribution in [2.24, 2.45) is 0 Å². The van der Waals surface area contributed by atoms with Gasteiger partial charge in [-0.1, -0.05) is 12.1 Å². The number of esters is 1. The van der Waals surface area contributed by atoms with E-state index >= 15 is 0 Å². The number of aromatic nitrogens is 1. The number of rotatable bonds is 6. The number of anilines is 1. The van der Waals surface area contributed by atoms with E-state index in [9.17, 15) is 19.7 Å². The van der Waals surface area contributed by atoms with Crippen LogP contribution in [0.2, 0.25) is 0 Å². The Morgan fingerprint density at radius 2 is 2.07 bits per heavy atom. The lowest BCUT2D eigenvalue weighted by Gasteiger charge is -2.00. The molecule has 3 aromatic rings. The van der Waals surface area contributed by atoms with E-state index < -0.39 is 16.8 Å². The molecule has 0 fully saturated rings. The fraction of sp³-hybridized carbons (Fsp3) is 0.118. The van der Waals surface area contributed by atoms with E-state index in [-0.39, 0.29) is 29.2 Å². The molecule has 0 radical (unpaired) electrons. The monoisotopic (exact) mass is 387 g/mol. The van der Waals surface area contributed by atoms with Crippen molar-refractivity contribution in [1.29, 1.82) is 0 Å². The molecular formula is C17H13N3O6S. The van der Waals surface area contributed by atoms with Gasteiger partial charge in [-0.2, -0.15) is 0 Å². The molecule has 0 bridgehead atoms. The van der Waals surface area contributed by atoms with Crippen molar-refractivity contribution >= 4 is 34.0 Å². The topological polar surface area (TPSA) is 125 Å². The Bertz CT molecular complexity index is 1010. The first-order chi connectivity index (χ1) is 13.0. The van der Waals surface area contributed by atoms with Crippen molar-refractivity contribution in [1.82, 2.24) is 4.98 Å². The third-order valence-electron chi connectivity index (χ3n) is 3.52. The lowest BCUT2D eigenvalue weighted by atomic mass is 10.1. The molecule has 0 saturated carbocycles. The predicted octanol–water partition coefficient (Wildman–Crippen LogP) is 3.28. The molecule has 0 spiro atoms. The van der Waals surface area contributed by atoms with E-state index in [2.05, 4.69) is 15.0 Å². The van der Waals surface area contributed by atoms with Gasteiger partial charge in [-0.25, -0.2) is 4.98 Å². The average molecular weight is 387 g/mol. The second kappa shape index (κ2) is 7.79. The summed E-state index contributed by atoms with van der Waals surface area (Å²) in [4.78, 5) is 38.3. The zero-order valence-corrected chi connectivity index (χ0v) is 14.8. The van der Waals surface area contributed by atoms with Crippen LogP contribution >= 0.6 is 11.3 Å². The van der Waals surface area contributed by atoms with Gasteiger partial charge < -0.3 is 9.15 Å². The maximum atomic E-state index is 12.3. The highest BCUT2D eigenvalue weighted by Crippen LogP contribution is 2.31. The molecule has 10 heteroatoms. The van der Waals surface area contributed by atoms with Crippen LogP contribution < -0.4 is 5.32 Å². The number of nitrogens with zero attached hydrogens (tertiary/aromatic N) is 2. The van der Waals surface area contributed by atoms with Crippen molar-refractivity contribution in [3.63, 3.8) is 0 Å². The Balaban J connectivity index is 1.74. The first-order valence-electron chi connectivity index (χ1n) is 7.64. The maximum absolute atomic E-state index is 12.3. The molecule has 0 aliphatic rings. The number of methoxy groups -OCH3 is 1. The maximum Gasteiger partial charge on any atom is 0.311 e. The number of furan rings is 1. The highest BCUT2D eigenvalue weighted by molar-refractivity contribution is 7.14. The van der Waals surface area contributed by atoms with Crippen LogP contribution in [-0.2, 0) is 16.0 Å². The summed E-state index contributed by atoms with van der Waals surface area (Å²) in [6.07, 6.45) is 0.00540. The van der Waals surface area contributed by atoms with E-state index in [0.717, 1.165) is 11.3 Å². The number of para-hydroxylation sites is 1. The van der Waals surface area contributed by atoms with E-state index in [1.165, 1.54) is 25.3 Å². The van der Waals surface area contributed by atoms with Crippen LogP contribution in [0.5, 0.6) is 0 Å². The summed E-state index contributed by atoms with van der Waals surface area (Å²) >= 11 is 1.15. The van der Waals surface area contributed by atoms with Gasteiger partial charge >= 0.3 is 5.97 Å². The van der Waals surface area contributed by atoms with Crippen molar-refractivity contribution < 1.29 is 23.7 Å². The van der Waals surface area contributed by atoms with Gasteiger partial charge in [0.25, 0.3) is 11.6 Å². The smallest absolute Gasteiger partial charge is 0.311 e. The number of nitro groups is 1. The number of carbonyl (C=O) groups excluding carboxylic acids is 2. The van der Waals surface area contributed by atoms with Gasteiger partial charge in [0.1, 0.15) is 5.76 Å². The molecule has 3 rings (SSSR count). The van der Waals surface area contributed by atoms with E-state index in [1.807, 2.05) is 0 Å². The van der Waals surface area contributed by atoms with Crippen molar-refractivity contribution in [2.75, 3.05) is 12.4 Å². The van der Waals surface area contributed by atoms with Gasteiger partial charge in [0.15, 0.2) is 10.9 Å². The highest BCUT2D eigenvalue weighted by atomic mass is 32.1. The predicted molar refractivity (Wildman–Crippen MR) is 96.6 cm³/mol. The molecule has 0 aliphatic heterocycles. The van der Waals surface area contributed by atoms with Crippen LogP contribution in [0, 0.1) is 10.1 Å².